The highest BCUT2D eigenvalue weighted by atomic mass is 19.1. The molecule has 0 radical (unpaired) electrons. The van der Waals surface area contributed by atoms with Crippen LogP contribution in [0, 0.1) is 5.82 Å². The van der Waals surface area contributed by atoms with Crippen LogP contribution in [0.15, 0.2) is 48.5 Å². The van der Waals surface area contributed by atoms with Crippen molar-refractivity contribution in [3.63, 3.8) is 0 Å². The summed E-state index contributed by atoms with van der Waals surface area (Å²) in [5.74, 6) is 4.24. The zero-order valence-electron chi connectivity index (χ0n) is 12.0. The minimum absolute atomic E-state index is 0.0102. The van der Waals surface area contributed by atoms with Crippen LogP contribution in [0.3, 0.4) is 0 Å². The lowest BCUT2D eigenvalue weighted by atomic mass is 10.1. The fourth-order valence-corrected chi connectivity index (χ4v) is 2.40. The van der Waals surface area contributed by atoms with Gasteiger partial charge in [-0.1, -0.05) is 12.1 Å². The highest BCUT2D eigenvalue weighted by molar-refractivity contribution is 6.07. The molecule has 23 heavy (non-hydrogen) atoms. The van der Waals surface area contributed by atoms with E-state index in [1.807, 2.05) is 5.43 Å². The number of nitrogens with two attached hydrogens (primary N) is 1. The Balaban J connectivity index is 1.97. The van der Waals surface area contributed by atoms with Gasteiger partial charge >= 0.3 is 0 Å². The van der Waals surface area contributed by atoms with Crippen molar-refractivity contribution in [1.82, 2.24) is 5.43 Å². The number of nitrogens with one attached hydrogen (secondary N) is 1. The summed E-state index contributed by atoms with van der Waals surface area (Å²) in [6, 6.07) is 12.1. The molecule has 7 heteroatoms. The number of hydrogen-bond acceptors (Lipinski definition) is 4. The van der Waals surface area contributed by atoms with Gasteiger partial charge in [0.2, 0.25) is 0 Å². The largest absolute Gasteiger partial charge is 0.476 e. The Bertz CT molecular complexity index is 748. The van der Waals surface area contributed by atoms with E-state index < -0.39 is 17.8 Å². The molecule has 118 valence electrons. The minimum Gasteiger partial charge on any atom is -0.476 e. The van der Waals surface area contributed by atoms with E-state index in [2.05, 4.69) is 0 Å². The smallest absolute Gasteiger partial charge is 0.276 e. The Morgan fingerprint density at radius 2 is 1.87 bits per heavy atom. The van der Waals surface area contributed by atoms with Crippen molar-refractivity contribution in [3.8, 4) is 5.75 Å². The van der Waals surface area contributed by atoms with Crippen molar-refractivity contribution in [1.29, 1.82) is 0 Å². The fourth-order valence-electron chi connectivity index (χ4n) is 2.40. The molecule has 2 aromatic rings. The van der Waals surface area contributed by atoms with E-state index in [-0.39, 0.29) is 12.5 Å². The number of fused-ring (bicyclic) bond motifs is 1. The molecule has 1 atom stereocenters. The van der Waals surface area contributed by atoms with Gasteiger partial charge < -0.3 is 9.64 Å². The Morgan fingerprint density at radius 3 is 2.57 bits per heavy atom. The maximum Gasteiger partial charge on any atom is 0.276 e. The number of halogens is 1. The van der Waals surface area contributed by atoms with Gasteiger partial charge in [0, 0.05) is 5.56 Å². The van der Waals surface area contributed by atoms with Crippen LogP contribution in [0.25, 0.3) is 0 Å². The van der Waals surface area contributed by atoms with Gasteiger partial charge in [0.15, 0.2) is 6.10 Å². The SMILES string of the molecule is NNC(=O)C1CN(C(=O)c2ccc(F)cc2)c2ccccc2O1. The van der Waals surface area contributed by atoms with Crippen molar-refractivity contribution < 1.29 is 18.7 Å². The standard InChI is InChI=1S/C16H14FN3O3/c17-11-7-5-10(6-8-11)16(22)20-9-14(15(21)19-18)23-13-4-2-1-3-12(13)20/h1-8,14H,9,18H2,(H,19,21). The molecular formula is C16H14FN3O3. The highest BCUT2D eigenvalue weighted by Crippen LogP contribution is 2.34. The highest BCUT2D eigenvalue weighted by Gasteiger charge is 2.33. The van der Waals surface area contributed by atoms with Crippen LogP contribution >= 0.6 is 0 Å². The third kappa shape index (κ3) is 2.86. The third-order valence-electron chi connectivity index (χ3n) is 3.54. The molecule has 0 spiro atoms. The number of para-hydroxylation sites is 2. The Kier molecular flexibility index (Phi) is 3.94. The number of anilines is 1. The van der Waals surface area contributed by atoms with Crippen LogP contribution in [0.5, 0.6) is 5.75 Å². The molecule has 2 amide bonds. The first-order valence-electron chi connectivity index (χ1n) is 6.93. The number of ether oxygens (including phenoxy) is 1. The molecule has 6 nitrogen and oxygen atoms in total. The lowest BCUT2D eigenvalue weighted by Gasteiger charge is -2.33. The van der Waals surface area contributed by atoms with Crippen molar-refractivity contribution in [2.45, 2.75) is 6.10 Å². The summed E-state index contributed by atoms with van der Waals surface area (Å²) in [6.07, 6.45) is -0.917. The monoisotopic (exact) mass is 315 g/mol. The van der Waals surface area contributed by atoms with E-state index in [9.17, 15) is 14.0 Å². The fraction of sp³-hybridized carbons (Fsp3) is 0.125. The molecule has 3 rings (SSSR count). The first kappa shape index (κ1) is 15.0. The summed E-state index contributed by atoms with van der Waals surface area (Å²) < 4.78 is 18.6. The normalized spacial score (nSPS) is 16.3. The average Bonchev–Trinajstić information content (AvgIpc) is 2.60. The molecule has 0 fully saturated rings. The second-order valence-corrected chi connectivity index (χ2v) is 5.01. The number of rotatable bonds is 2. The topological polar surface area (TPSA) is 84.7 Å². The predicted octanol–water partition coefficient (Wildman–Crippen LogP) is 1.22. The lowest BCUT2D eigenvalue weighted by molar-refractivity contribution is -0.127. The lowest BCUT2D eigenvalue weighted by Crippen LogP contribution is -2.52. The van der Waals surface area contributed by atoms with Gasteiger partial charge in [-0.2, -0.15) is 0 Å². The molecule has 2 aromatic carbocycles. The molecule has 0 saturated heterocycles. The summed E-state index contributed by atoms with van der Waals surface area (Å²) >= 11 is 0. The van der Waals surface area contributed by atoms with Crippen LogP contribution in [0.1, 0.15) is 10.4 Å². The van der Waals surface area contributed by atoms with Gasteiger partial charge in [0.25, 0.3) is 11.8 Å². The Morgan fingerprint density at radius 1 is 1.17 bits per heavy atom. The van der Waals surface area contributed by atoms with Gasteiger partial charge in [-0.05, 0) is 36.4 Å². The van der Waals surface area contributed by atoms with E-state index in [0.29, 0.717) is 17.0 Å². The molecule has 3 N–H and O–H groups in total. The van der Waals surface area contributed by atoms with E-state index in [1.54, 1.807) is 24.3 Å². The van der Waals surface area contributed by atoms with Crippen molar-refractivity contribution in [2.24, 2.45) is 5.84 Å². The molecule has 1 heterocycles. The summed E-state index contributed by atoms with van der Waals surface area (Å²) in [5.41, 5.74) is 2.88. The van der Waals surface area contributed by atoms with Crippen molar-refractivity contribution >= 4 is 17.5 Å². The van der Waals surface area contributed by atoms with Gasteiger partial charge in [-0.3, -0.25) is 15.0 Å². The van der Waals surface area contributed by atoms with Crippen LogP contribution in [-0.4, -0.2) is 24.5 Å². The quantitative estimate of drug-likeness (QED) is 0.496. The van der Waals surface area contributed by atoms with E-state index in [1.165, 1.54) is 29.2 Å². The molecule has 1 aliphatic heterocycles. The Hall–Kier alpha value is -2.93. The molecule has 1 unspecified atom stereocenters. The van der Waals surface area contributed by atoms with Crippen LogP contribution in [-0.2, 0) is 4.79 Å². The average molecular weight is 315 g/mol. The number of hydrogen-bond donors (Lipinski definition) is 2. The maximum absolute atomic E-state index is 13.0. The molecule has 1 aliphatic rings. The Labute approximate surface area is 131 Å². The maximum atomic E-state index is 13.0. The second-order valence-electron chi connectivity index (χ2n) is 5.01. The summed E-state index contributed by atoms with van der Waals surface area (Å²) in [7, 11) is 0. The molecule has 0 bridgehead atoms. The van der Waals surface area contributed by atoms with E-state index in [4.69, 9.17) is 10.6 Å². The van der Waals surface area contributed by atoms with Crippen molar-refractivity contribution in [2.75, 3.05) is 11.4 Å². The van der Waals surface area contributed by atoms with E-state index >= 15 is 0 Å². The number of nitrogens with zero attached hydrogens (tertiary/aromatic N) is 1. The second kappa shape index (κ2) is 6.05. The van der Waals surface area contributed by atoms with Crippen LogP contribution in [0.2, 0.25) is 0 Å². The minimum atomic E-state index is -0.917. The van der Waals surface area contributed by atoms with Gasteiger partial charge in [-0.25, -0.2) is 10.2 Å². The van der Waals surface area contributed by atoms with Crippen LogP contribution < -0.4 is 20.9 Å². The number of hydrazine groups is 1. The van der Waals surface area contributed by atoms with E-state index in [0.717, 1.165) is 0 Å². The first-order chi connectivity index (χ1) is 11.1. The van der Waals surface area contributed by atoms with Gasteiger partial charge in [0.1, 0.15) is 11.6 Å². The summed E-state index contributed by atoms with van der Waals surface area (Å²) in [4.78, 5) is 25.9. The number of carbonyl (C=O) groups excluding carboxylic acids is 2. The van der Waals surface area contributed by atoms with Crippen molar-refractivity contribution in [3.05, 3.63) is 59.9 Å². The zero-order chi connectivity index (χ0) is 16.4. The number of amides is 2. The predicted molar refractivity (Wildman–Crippen MR) is 81.3 cm³/mol. The van der Waals surface area contributed by atoms with Gasteiger partial charge in [0.05, 0.1) is 12.2 Å². The van der Waals surface area contributed by atoms with Crippen LogP contribution in [0.4, 0.5) is 10.1 Å². The summed E-state index contributed by atoms with van der Waals surface area (Å²) in [6.45, 7) is 0.0102. The number of benzene rings is 2. The number of carbonyl (C=O) groups is 2. The first-order valence-corrected chi connectivity index (χ1v) is 6.93. The molecule has 0 aromatic heterocycles. The molecule has 0 saturated carbocycles. The molecule has 0 aliphatic carbocycles. The third-order valence-corrected chi connectivity index (χ3v) is 3.54. The molecular weight excluding hydrogens is 301 g/mol. The zero-order valence-corrected chi connectivity index (χ0v) is 12.0. The van der Waals surface area contributed by atoms with Gasteiger partial charge in [-0.15, -0.1) is 0 Å². The summed E-state index contributed by atoms with van der Waals surface area (Å²) in [5, 5.41) is 0.